The molecule has 0 aliphatic rings. The second-order valence-electron chi connectivity index (χ2n) is 24.7. The SMILES string of the molecule is BrCc1ccccc1.BrCc1ccccc1.C#CC(C#C)(Cc1ccccc1)Cc1ccccc1.C#CC(C#C)(Cc1ccccc1)Cc1ccccc1.C#CC(C#C)Cc1ccccc1.C#CCC#C.CC.CC.CC.CC.CC.CC.CC.CC.CC.CC.CC.CC.CC.CC.CC(C)(F)F.CC(C)(F)F.CC(C)(F)F.CC(C)(F)F.CC(C)(F)F.CC(F)(F)P(O)O.CC(F)(F)P(O)O. The summed E-state index contributed by atoms with van der Waals surface area (Å²) in [5.74, 6) is 8.42. The van der Waals surface area contributed by atoms with Gasteiger partial charge in [-0.15, -0.1) is 51.4 Å². The summed E-state index contributed by atoms with van der Waals surface area (Å²) in [6, 6.07) is 71.1. The zero-order valence-electron chi connectivity index (χ0n) is 91.8. The van der Waals surface area contributed by atoms with Crippen molar-refractivity contribution in [3.8, 4) is 98.8 Å². The minimum absolute atomic E-state index is 0.0765. The topological polar surface area (TPSA) is 80.9 Å². The molecule has 0 aliphatic heterocycles. The number of hydrogen-bond acceptors (Lipinski definition) is 4. The molecule has 794 valence electrons. The minimum atomic E-state index is -3.32. The van der Waals surface area contributed by atoms with E-state index in [4.69, 9.17) is 71.0 Å². The molecule has 0 heterocycles. The first-order chi connectivity index (χ1) is 64.6. The van der Waals surface area contributed by atoms with Gasteiger partial charge in [0, 0.05) is 50.2 Å². The molecule has 0 fully saturated rings. The summed E-state index contributed by atoms with van der Waals surface area (Å²) in [4.78, 5) is 31.0. The summed E-state index contributed by atoms with van der Waals surface area (Å²) in [5.41, 5.74) is 0.793. The summed E-state index contributed by atoms with van der Waals surface area (Å²) in [6.07, 6.45) is 46.9. The van der Waals surface area contributed by atoms with Gasteiger partial charge in [0.1, 0.15) is 0 Å². The Balaban J connectivity index is -0.0000000609. The standard InChI is InChI=1S/2C19H16.C12H10.2C7H7Br.C5H4.5C3H6F2.2C2H5F2O2P.14C2H6/c2*1-3-19(4-2,15-17-11-7-5-8-12-17)16-18-13-9-6-10-14-18;1-3-11(4-2)10-12-8-6-5-7-9-12;2*8-6-7-4-2-1-3-5-7;1-3-5-4-2;5*1-3(2,4)5;2*1-2(3,4)7(5)6;14*1-2/h2*1-2,5-14H,15-16H2;1-2,5-9,11H,10H2;2*1-5H,6H2;1-2H,5H2;5*1-2H3;2*5-6H,1H3;14*1-2H3. The lowest BCUT2D eigenvalue weighted by Gasteiger charge is -2.23. The average molecular weight is 2130 g/mol. The van der Waals surface area contributed by atoms with Gasteiger partial charge in [0.05, 0.1) is 23.2 Å². The molecule has 0 spiro atoms. The molecule has 0 aromatic heterocycles. The van der Waals surface area contributed by atoms with Crippen molar-refractivity contribution in [1.82, 2.24) is 0 Å². The quantitative estimate of drug-likeness (QED) is 0.0379. The third-order valence-electron chi connectivity index (χ3n) is 11.1. The third kappa shape index (κ3) is 183. The van der Waals surface area contributed by atoms with Crippen LogP contribution in [-0.4, -0.2) is 60.5 Å². The Morgan fingerprint density at radius 3 is 0.435 bits per heavy atom. The van der Waals surface area contributed by atoms with Crippen LogP contribution in [0.25, 0.3) is 0 Å². The van der Waals surface area contributed by atoms with Crippen LogP contribution in [0.3, 0.4) is 0 Å². The summed E-state index contributed by atoms with van der Waals surface area (Å²) < 4.78 is 156. The Morgan fingerprint density at radius 1 is 0.239 bits per heavy atom. The Bertz CT molecular complexity index is 3340. The van der Waals surface area contributed by atoms with Crippen LogP contribution in [0.1, 0.15) is 322 Å². The molecule has 0 unspecified atom stereocenters. The smallest absolute Gasteiger partial charge is 0.311 e. The van der Waals surface area contributed by atoms with Crippen LogP contribution in [0.2, 0.25) is 0 Å². The fraction of sp³-hybridized carbons (Fsp3) is 0.500. The molecule has 0 aliphatic carbocycles. The fourth-order valence-corrected chi connectivity index (χ4v) is 7.35. The minimum Gasteiger partial charge on any atom is -0.346 e. The van der Waals surface area contributed by atoms with Crippen LogP contribution in [0.5, 0.6) is 0 Å². The van der Waals surface area contributed by atoms with Crippen molar-refractivity contribution in [1.29, 1.82) is 0 Å². The molecule has 7 aromatic rings. The molecular formula is C116H184Br2F14O4P2. The second kappa shape index (κ2) is 131. The van der Waals surface area contributed by atoms with E-state index in [9.17, 15) is 61.5 Å². The van der Waals surface area contributed by atoms with Gasteiger partial charge in [-0.3, -0.25) is 0 Å². The zero-order chi connectivity index (χ0) is 114. The van der Waals surface area contributed by atoms with E-state index in [-0.39, 0.29) is 5.92 Å². The van der Waals surface area contributed by atoms with Gasteiger partial charge >= 0.3 is 11.3 Å². The highest BCUT2D eigenvalue weighted by Crippen LogP contribution is 2.44. The number of halogens is 16. The maximum atomic E-state index is 11.4. The van der Waals surface area contributed by atoms with Gasteiger partial charge in [-0.1, -0.05) is 485 Å². The van der Waals surface area contributed by atoms with Gasteiger partial charge < -0.3 is 19.6 Å². The molecule has 7 aromatic carbocycles. The first-order valence-corrected chi connectivity index (χ1v) is 51.4. The van der Waals surface area contributed by atoms with E-state index >= 15 is 0 Å². The molecule has 138 heavy (non-hydrogen) atoms. The van der Waals surface area contributed by atoms with Gasteiger partial charge in [-0.05, 0) is 115 Å². The molecule has 22 heteroatoms. The van der Waals surface area contributed by atoms with Crippen molar-refractivity contribution in [2.24, 2.45) is 16.7 Å². The Labute approximate surface area is 858 Å². The first-order valence-electron chi connectivity index (χ1n) is 46.7. The third-order valence-corrected chi connectivity index (χ3v) is 13.8. The highest BCUT2D eigenvalue weighted by atomic mass is 79.9. The zero-order valence-corrected chi connectivity index (χ0v) is 96.8. The Hall–Kier alpha value is -8.30. The highest BCUT2D eigenvalue weighted by molar-refractivity contribution is 9.08. The van der Waals surface area contributed by atoms with Crippen molar-refractivity contribution in [3.05, 3.63) is 251 Å². The van der Waals surface area contributed by atoms with Crippen molar-refractivity contribution >= 4 is 48.6 Å². The van der Waals surface area contributed by atoms with Gasteiger partial charge in [-0.2, -0.15) is 17.6 Å². The maximum absolute atomic E-state index is 11.4. The van der Waals surface area contributed by atoms with Gasteiger partial charge in [0.2, 0.25) is 46.4 Å². The van der Waals surface area contributed by atoms with E-state index < -0.39 is 68.5 Å². The largest absolute Gasteiger partial charge is 0.346 e. The molecule has 7 rings (SSSR count). The number of rotatable bonds is 14. The number of alkyl halides is 16. The Morgan fingerprint density at radius 2 is 0.355 bits per heavy atom. The molecular weight excluding hydrogens is 1940 g/mol. The van der Waals surface area contributed by atoms with Crippen molar-refractivity contribution in [2.75, 3.05) is 0 Å². The van der Waals surface area contributed by atoms with Gasteiger partial charge in [0.25, 0.3) is 0 Å². The molecule has 0 saturated carbocycles. The fourth-order valence-electron chi connectivity index (χ4n) is 6.60. The van der Waals surface area contributed by atoms with Crippen molar-refractivity contribution < 1.29 is 81.0 Å². The van der Waals surface area contributed by atoms with E-state index in [1.54, 1.807) is 0 Å². The molecule has 4 nitrogen and oxygen atoms in total. The predicted octanol–water partition coefficient (Wildman–Crippen LogP) is 39.8. The number of benzene rings is 7. The maximum Gasteiger partial charge on any atom is 0.311 e. The van der Waals surface area contributed by atoms with Gasteiger partial charge in [-0.25, -0.2) is 43.9 Å². The van der Waals surface area contributed by atoms with E-state index in [1.165, 1.54) is 38.9 Å². The van der Waals surface area contributed by atoms with E-state index in [0.717, 1.165) is 86.3 Å². The summed E-state index contributed by atoms with van der Waals surface area (Å²) >= 11 is 6.71. The van der Waals surface area contributed by atoms with Crippen LogP contribution in [0, 0.1) is 115 Å². The lowest BCUT2D eigenvalue weighted by Crippen LogP contribution is -2.22. The molecule has 0 amide bonds. The van der Waals surface area contributed by atoms with Crippen LogP contribution in [0.4, 0.5) is 61.5 Å². The first kappa shape index (κ1) is 179. The van der Waals surface area contributed by atoms with Crippen LogP contribution in [0.15, 0.2) is 212 Å². The van der Waals surface area contributed by atoms with Crippen LogP contribution in [-0.2, 0) is 42.8 Å². The predicted molar refractivity (Wildman–Crippen MR) is 597 cm³/mol. The summed E-state index contributed by atoms with van der Waals surface area (Å²) in [7, 11) is -6.15. The second-order valence-corrected chi connectivity index (χ2v) is 28.5. The molecule has 0 saturated heterocycles. The van der Waals surface area contributed by atoms with E-state index in [2.05, 4.69) is 152 Å². The average Bonchev–Trinajstić information content (AvgIpc) is 0.843. The lowest BCUT2D eigenvalue weighted by molar-refractivity contribution is 0.0428. The monoisotopic (exact) mass is 2130 g/mol. The number of hydrogen-bond donors (Lipinski definition) is 4. The normalized spacial score (nSPS) is 8.95. The van der Waals surface area contributed by atoms with E-state index in [0.29, 0.717) is 46.0 Å². The highest BCUT2D eigenvalue weighted by Gasteiger charge is 2.32. The molecule has 0 bridgehead atoms. The van der Waals surface area contributed by atoms with Crippen molar-refractivity contribution in [2.45, 2.75) is 367 Å². The Kier molecular flexibility index (Phi) is 169. The van der Waals surface area contributed by atoms with Gasteiger partial charge in [0.15, 0.2) is 0 Å². The van der Waals surface area contributed by atoms with E-state index in [1.807, 2.05) is 333 Å². The van der Waals surface area contributed by atoms with Crippen LogP contribution < -0.4 is 0 Å². The summed E-state index contributed by atoms with van der Waals surface area (Å²) in [6.45, 7) is 65.5. The number of terminal acetylenes is 8. The lowest BCUT2D eigenvalue weighted by atomic mass is 9.78. The summed E-state index contributed by atoms with van der Waals surface area (Å²) in [5, 5.41) is 1.90. The van der Waals surface area contributed by atoms with Crippen molar-refractivity contribution in [3.63, 3.8) is 0 Å². The van der Waals surface area contributed by atoms with Crippen LogP contribution >= 0.6 is 48.6 Å². The molecule has 0 atom stereocenters. The molecule has 4 N–H and O–H groups in total. The molecule has 0 radical (unpaired) electrons.